The summed E-state index contributed by atoms with van der Waals surface area (Å²) in [7, 11) is -10.8. The number of halogens is 1. The Balaban J connectivity index is 3.43. The third-order valence-electron chi connectivity index (χ3n) is 1.07. The van der Waals surface area contributed by atoms with Crippen LogP contribution in [0.5, 0.6) is 0 Å². The third kappa shape index (κ3) is 3.29. The minimum atomic E-state index is -5.39. The quantitative estimate of drug-likeness (QED) is 0.482. The third-order valence-corrected chi connectivity index (χ3v) is 2.62. The summed E-state index contributed by atoms with van der Waals surface area (Å²) >= 11 is 5.10. The van der Waals surface area contributed by atoms with Crippen molar-refractivity contribution in [3.8, 4) is 0 Å². The topological polar surface area (TPSA) is 165 Å². The highest BCUT2D eigenvalue weighted by Crippen LogP contribution is 2.23. The molecule has 0 aliphatic rings. The first-order chi connectivity index (χ1) is 6.60. The molecule has 1 heterocycles. The summed E-state index contributed by atoms with van der Waals surface area (Å²) in [6.45, 7) is 0. The molecule has 0 atom stereocenters. The van der Waals surface area contributed by atoms with Crippen LogP contribution < -0.4 is 30.7 Å². The molecule has 0 N–H and O–H groups in total. The van der Waals surface area contributed by atoms with Gasteiger partial charge in [0.2, 0.25) is 5.28 Å². The van der Waals surface area contributed by atoms with E-state index in [1.54, 1.807) is 0 Å². The maximum absolute atomic E-state index is 10.4. The molecule has 0 unspecified atom stereocenters. The van der Waals surface area contributed by atoms with Crippen LogP contribution in [-0.4, -0.2) is 15.0 Å². The van der Waals surface area contributed by atoms with Gasteiger partial charge in [-0.3, -0.25) is 0 Å². The predicted molar refractivity (Wildman–Crippen MR) is 39.3 cm³/mol. The lowest BCUT2D eigenvalue weighted by Gasteiger charge is -2.31. The van der Waals surface area contributed by atoms with E-state index < -0.39 is 31.6 Å². The molecule has 0 fully saturated rings. The molecule has 12 heteroatoms. The fourth-order valence-electron chi connectivity index (χ4n) is 0.574. The number of rotatable bonds is 2. The first kappa shape index (κ1) is 12.7. The second kappa shape index (κ2) is 3.88. The van der Waals surface area contributed by atoms with Gasteiger partial charge in [0.1, 0.15) is 0 Å². The van der Waals surface area contributed by atoms with Crippen molar-refractivity contribution in [1.29, 1.82) is 0 Å². The van der Waals surface area contributed by atoms with Crippen molar-refractivity contribution < 1.29 is 28.7 Å². The van der Waals surface area contributed by atoms with Gasteiger partial charge in [-0.2, -0.15) is 9.97 Å². The van der Waals surface area contributed by atoms with Gasteiger partial charge in [0.25, 0.3) is 0 Å². The van der Waals surface area contributed by atoms with E-state index in [1.807, 2.05) is 0 Å². The van der Waals surface area contributed by atoms with Gasteiger partial charge in [-0.05, 0) is 11.6 Å². The zero-order valence-corrected chi connectivity index (χ0v) is 9.11. The Morgan fingerprint density at radius 1 is 0.867 bits per heavy atom. The number of hydrogen-bond acceptors (Lipinski definition) is 9. The van der Waals surface area contributed by atoms with Gasteiger partial charge in [0.05, 0.1) is 0 Å². The molecule has 1 aromatic rings. The van der Waals surface area contributed by atoms with Crippen molar-refractivity contribution in [3.63, 3.8) is 0 Å². The van der Waals surface area contributed by atoms with Crippen LogP contribution in [0.2, 0.25) is 5.28 Å². The first-order valence-electron chi connectivity index (χ1n) is 3.07. The molecule has 9 nitrogen and oxygen atoms in total. The first-order valence-corrected chi connectivity index (χ1v) is 6.54. The monoisotopic (exact) mass is 271 g/mol. The fraction of sp³-hybridized carbons (Fsp3) is 0. The van der Waals surface area contributed by atoms with Crippen LogP contribution in [-0.2, 0) is 9.13 Å². The van der Waals surface area contributed by atoms with Gasteiger partial charge >= 0.3 is 0 Å². The highest BCUT2D eigenvalue weighted by Gasteiger charge is 2.10. The van der Waals surface area contributed by atoms with Crippen molar-refractivity contribution >= 4 is 37.9 Å². The SMILES string of the molecule is O=P([O-])([O-])c1nc(Cl)nc(P(=O)([O-])[O-])n1. The number of hydrogen-bond donors (Lipinski definition) is 0. The largest absolute Gasteiger partial charge is 0.805 e. The predicted octanol–water partition coefficient (Wildman–Crippen LogP) is -4.40. The maximum Gasteiger partial charge on any atom is 0.226 e. The van der Waals surface area contributed by atoms with E-state index in [-0.39, 0.29) is 0 Å². The Bertz CT molecular complexity index is 440. The maximum atomic E-state index is 10.4. The van der Waals surface area contributed by atoms with Gasteiger partial charge in [-0.25, -0.2) is 4.98 Å². The standard InChI is InChI=1S/C3H4ClN3O6P2/c4-1-5-2(14(8,9)10)7-3(6-1)15(11,12)13/h(H2,8,9,10)(H2,11,12,13)/p-4. The van der Waals surface area contributed by atoms with Crippen molar-refractivity contribution in [3.05, 3.63) is 5.28 Å². The van der Waals surface area contributed by atoms with Crippen LogP contribution in [0.1, 0.15) is 0 Å². The van der Waals surface area contributed by atoms with E-state index in [4.69, 9.17) is 11.6 Å². The minimum absolute atomic E-state index is 0.867. The van der Waals surface area contributed by atoms with E-state index >= 15 is 0 Å². The van der Waals surface area contributed by atoms with Crippen molar-refractivity contribution in [2.75, 3.05) is 0 Å². The van der Waals surface area contributed by atoms with Crippen molar-refractivity contribution in [2.45, 2.75) is 0 Å². The van der Waals surface area contributed by atoms with Crippen LogP contribution in [0, 0.1) is 0 Å². The molecule has 1 rings (SSSR count). The lowest BCUT2D eigenvalue weighted by molar-refractivity contribution is -0.309. The summed E-state index contributed by atoms with van der Waals surface area (Å²) in [5, 5.41) is -0.867. The molecule has 0 aliphatic heterocycles. The fourth-order valence-corrected chi connectivity index (χ4v) is 1.80. The zero-order chi connectivity index (χ0) is 11.9. The Labute approximate surface area is 87.5 Å². The molecule has 0 saturated carbocycles. The highest BCUT2D eigenvalue weighted by molar-refractivity contribution is 7.58. The van der Waals surface area contributed by atoms with E-state index in [1.165, 1.54) is 0 Å². The lowest BCUT2D eigenvalue weighted by atomic mass is 11.1. The van der Waals surface area contributed by atoms with Gasteiger partial charge in [0, 0.05) is 15.2 Å². The molecule has 15 heavy (non-hydrogen) atoms. The molecule has 84 valence electrons. The number of aromatic nitrogens is 3. The summed E-state index contributed by atoms with van der Waals surface area (Å²) in [5.41, 5.74) is -2.77. The van der Waals surface area contributed by atoms with Gasteiger partial charge < -0.3 is 28.7 Å². The van der Waals surface area contributed by atoms with E-state index in [0.717, 1.165) is 0 Å². The van der Waals surface area contributed by atoms with Crippen LogP contribution >= 0.6 is 26.8 Å². The summed E-state index contributed by atoms with van der Waals surface area (Å²) in [5.74, 6) is 0. The molecule has 0 aromatic carbocycles. The van der Waals surface area contributed by atoms with Crippen molar-refractivity contribution in [2.24, 2.45) is 0 Å². The molecular weight excluding hydrogens is 271 g/mol. The zero-order valence-electron chi connectivity index (χ0n) is 6.56. The van der Waals surface area contributed by atoms with Gasteiger partial charge in [-0.15, -0.1) is 0 Å². The molecule has 0 amide bonds. The van der Waals surface area contributed by atoms with E-state index in [2.05, 4.69) is 15.0 Å². The molecule has 0 spiro atoms. The second-order valence-corrected chi connectivity index (χ2v) is 5.33. The highest BCUT2D eigenvalue weighted by atomic mass is 35.5. The normalized spacial score (nSPS) is 12.9. The summed E-state index contributed by atoms with van der Waals surface area (Å²) in [4.78, 5) is 50.2. The molecule has 0 aliphatic carbocycles. The van der Waals surface area contributed by atoms with Crippen LogP contribution in [0.15, 0.2) is 0 Å². The Morgan fingerprint density at radius 2 is 1.20 bits per heavy atom. The molecule has 1 aromatic heterocycles. The summed E-state index contributed by atoms with van der Waals surface area (Å²) in [6, 6.07) is 0. The molecule has 0 saturated heterocycles. The Morgan fingerprint density at radius 3 is 1.47 bits per heavy atom. The molecule has 0 bridgehead atoms. The van der Waals surface area contributed by atoms with Crippen LogP contribution in [0.3, 0.4) is 0 Å². The second-order valence-electron chi connectivity index (χ2n) is 2.20. The average molecular weight is 271 g/mol. The van der Waals surface area contributed by atoms with Crippen LogP contribution in [0.4, 0.5) is 0 Å². The number of nitrogens with zero attached hydrogens (tertiary/aromatic N) is 3. The minimum Gasteiger partial charge on any atom is -0.805 e. The summed E-state index contributed by atoms with van der Waals surface area (Å²) < 4.78 is 20.9. The smallest absolute Gasteiger partial charge is 0.226 e. The van der Waals surface area contributed by atoms with Gasteiger partial charge in [-0.1, -0.05) is 0 Å². The average Bonchev–Trinajstić information content (AvgIpc) is 1.99. The molecule has 0 radical (unpaired) electrons. The Hall–Kier alpha value is -0.400. The van der Waals surface area contributed by atoms with Crippen LogP contribution in [0.25, 0.3) is 0 Å². The van der Waals surface area contributed by atoms with E-state index in [0.29, 0.717) is 0 Å². The molecular formula is C3ClN3O6P2-4. The summed E-state index contributed by atoms with van der Waals surface area (Å²) in [6.07, 6.45) is 0. The lowest BCUT2D eigenvalue weighted by Crippen LogP contribution is -2.38. The van der Waals surface area contributed by atoms with Crippen molar-refractivity contribution in [1.82, 2.24) is 15.0 Å². The van der Waals surface area contributed by atoms with E-state index in [9.17, 15) is 28.7 Å². The Kier molecular flexibility index (Phi) is 3.27. The van der Waals surface area contributed by atoms with Gasteiger partial charge in [0.15, 0.2) is 11.1 Å².